The Balaban J connectivity index is 1.45. The normalized spacial score (nSPS) is 31.3. The fraction of sp³-hybridized carbons (Fsp3) is 0.667. The smallest absolute Gasteiger partial charge is 0.115 e. The molecule has 1 saturated carbocycles. The number of aryl methyl sites for hydroxylation is 2. The lowest BCUT2D eigenvalue weighted by Crippen LogP contribution is -2.68. The van der Waals surface area contributed by atoms with Crippen LogP contribution in [0.3, 0.4) is 0 Å². The third-order valence-electron chi connectivity index (χ3n) is 8.90. The fourth-order valence-corrected chi connectivity index (χ4v) is 6.59. The summed E-state index contributed by atoms with van der Waals surface area (Å²) in [6.07, 6.45) is 7.32. The van der Waals surface area contributed by atoms with Crippen LogP contribution < -0.4 is 0 Å². The Morgan fingerprint density at radius 3 is 2.52 bits per heavy atom. The van der Waals surface area contributed by atoms with E-state index in [4.69, 9.17) is 0 Å². The summed E-state index contributed by atoms with van der Waals surface area (Å²) in [5.41, 5.74) is 2.21. The summed E-state index contributed by atoms with van der Waals surface area (Å²) < 4.78 is 2.02. The van der Waals surface area contributed by atoms with Crippen molar-refractivity contribution in [2.75, 3.05) is 32.7 Å². The van der Waals surface area contributed by atoms with Crippen LogP contribution in [0.25, 0.3) is 0 Å². The van der Waals surface area contributed by atoms with E-state index < -0.39 is 5.60 Å². The van der Waals surface area contributed by atoms with Gasteiger partial charge in [-0.1, -0.05) is 6.07 Å². The van der Waals surface area contributed by atoms with Gasteiger partial charge < -0.3 is 15.1 Å². The van der Waals surface area contributed by atoms with Crippen LogP contribution in [0.4, 0.5) is 0 Å². The van der Waals surface area contributed by atoms with Gasteiger partial charge in [0.1, 0.15) is 5.75 Å². The molecule has 6 nitrogen and oxygen atoms in total. The van der Waals surface area contributed by atoms with Crippen molar-refractivity contribution < 1.29 is 10.2 Å². The first-order valence-electron chi connectivity index (χ1n) is 12.8. The van der Waals surface area contributed by atoms with Crippen molar-refractivity contribution in [2.45, 2.75) is 76.5 Å². The summed E-state index contributed by atoms with van der Waals surface area (Å²) >= 11 is 0. The van der Waals surface area contributed by atoms with Crippen LogP contribution in [0.2, 0.25) is 0 Å². The maximum absolute atomic E-state index is 12.6. The lowest BCUT2D eigenvalue weighted by atomic mass is 9.57. The highest BCUT2D eigenvalue weighted by atomic mass is 16.3. The topological polar surface area (TPSA) is 64.8 Å². The maximum atomic E-state index is 12.6. The van der Waals surface area contributed by atoms with Gasteiger partial charge in [0.25, 0.3) is 0 Å². The SMILES string of the molecule is Cc1ccn(CCN2CCC3(c4cc(O)ccc4C)CCN(CC4CC4)C(C)C3(O)CC2)n1. The summed E-state index contributed by atoms with van der Waals surface area (Å²) in [5, 5.41) is 27.6. The Morgan fingerprint density at radius 1 is 1.03 bits per heavy atom. The second-order valence-corrected chi connectivity index (χ2v) is 10.9. The van der Waals surface area contributed by atoms with Gasteiger partial charge in [0, 0.05) is 37.3 Å². The molecule has 3 atom stereocenters. The van der Waals surface area contributed by atoms with Crippen molar-refractivity contribution in [3.8, 4) is 5.75 Å². The molecule has 2 aliphatic heterocycles. The number of aliphatic hydroxyl groups is 1. The average Bonchev–Trinajstić information content (AvgIpc) is 3.54. The van der Waals surface area contributed by atoms with E-state index >= 15 is 0 Å². The number of rotatable bonds is 6. The van der Waals surface area contributed by atoms with E-state index in [1.54, 1.807) is 6.07 Å². The number of aromatic hydroxyl groups is 1. The lowest BCUT2D eigenvalue weighted by molar-refractivity contribution is -0.136. The van der Waals surface area contributed by atoms with E-state index in [9.17, 15) is 10.2 Å². The summed E-state index contributed by atoms with van der Waals surface area (Å²) in [7, 11) is 0. The number of hydrogen-bond acceptors (Lipinski definition) is 5. The van der Waals surface area contributed by atoms with Crippen LogP contribution in [0.15, 0.2) is 30.5 Å². The average molecular weight is 453 g/mol. The molecule has 180 valence electrons. The zero-order valence-corrected chi connectivity index (χ0v) is 20.5. The highest BCUT2D eigenvalue weighted by Crippen LogP contribution is 2.53. The Hall–Kier alpha value is -1.89. The van der Waals surface area contributed by atoms with Crippen molar-refractivity contribution in [3.05, 3.63) is 47.3 Å². The van der Waals surface area contributed by atoms with Gasteiger partial charge in [-0.3, -0.25) is 9.58 Å². The molecule has 5 rings (SSSR count). The molecule has 2 N–H and O–H groups in total. The zero-order chi connectivity index (χ0) is 23.2. The number of phenols is 1. The second-order valence-electron chi connectivity index (χ2n) is 10.9. The maximum Gasteiger partial charge on any atom is 0.115 e. The molecule has 6 heteroatoms. The predicted octanol–water partition coefficient (Wildman–Crippen LogP) is 3.47. The molecule has 2 aromatic rings. The quantitative estimate of drug-likeness (QED) is 0.703. The molecule has 0 amide bonds. The molecule has 3 aliphatic rings. The number of benzene rings is 1. The molecule has 3 heterocycles. The van der Waals surface area contributed by atoms with Gasteiger partial charge in [-0.15, -0.1) is 0 Å². The van der Waals surface area contributed by atoms with Gasteiger partial charge in [0.15, 0.2) is 0 Å². The molecular weight excluding hydrogens is 412 g/mol. The largest absolute Gasteiger partial charge is 0.508 e. The van der Waals surface area contributed by atoms with Gasteiger partial charge in [0.2, 0.25) is 0 Å². The number of likely N-dealkylation sites (tertiary alicyclic amines) is 2. The van der Waals surface area contributed by atoms with Crippen LogP contribution >= 0.6 is 0 Å². The Labute approximate surface area is 198 Å². The van der Waals surface area contributed by atoms with Crippen LogP contribution in [-0.4, -0.2) is 74.2 Å². The highest BCUT2D eigenvalue weighted by Gasteiger charge is 2.59. The molecule has 1 aliphatic carbocycles. The van der Waals surface area contributed by atoms with Gasteiger partial charge in [-0.2, -0.15) is 5.10 Å². The molecular formula is C27H40N4O2. The second kappa shape index (κ2) is 8.71. The van der Waals surface area contributed by atoms with E-state index in [0.29, 0.717) is 5.75 Å². The first kappa shape index (κ1) is 22.9. The third-order valence-corrected chi connectivity index (χ3v) is 8.90. The Kier molecular flexibility index (Phi) is 6.04. The van der Waals surface area contributed by atoms with Crippen LogP contribution in [0.5, 0.6) is 5.75 Å². The number of fused-ring (bicyclic) bond motifs is 1. The number of phenolic OH excluding ortho intramolecular Hbond substituents is 1. The number of piperidine rings is 1. The standard InChI is InChI=1S/C27H40N4O2/c1-20-4-7-24(32)18-25(20)26-9-13-29(16-17-31-12-8-21(2)28-31)14-11-27(26,33)22(3)30(15-10-26)19-23-5-6-23/h4,7-8,12,18,22-23,32-33H,5-6,9-11,13-17,19H2,1-3H3. The van der Waals surface area contributed by atoms with E-state index in [-0.39, 0.29) is 11.5 Å². The number of hydrogen-bond donors (Lipinski definition) is 2. The molecule has 0 radical (unpaired) electrons. The van der Waals surface area contributed by atoms with Crippen molar-refractivity contribution in [3.63, 3.8) is 0 Å². The number of aromatic nitrogens is 2. The molecule has 3 fully saturated rings. The van der Waals surface area contributed by atoms with E-state index in [2.05, 4.69) is 41.0 Å². The summed E-state index contributed by atoms with van der Waals surface area (Å²) in [6, 6.07) is 7.88. The van der Waals surface area contributed by atoms with Gasteiger partial charge in [-0.05, 0) is 101 Å². The zero-order valence-electron chi connectivity index (χ0n) is 20.5. The molecule has 3 unspecified atom stereocenters. The Bertz CT molecular complexity index is 986. The van der Waals surface area contributed by atoms with Crippen molar-refractivity contribution >= 4 is 0 Å². The molecule has 0 bridgehead atoms. The van der Waals surface area contributed by atoms with Gasteiger partial charge in [-0.25, -0.2) is 0 Å². The van der Waals surface area contributed by atoms with Gasteiger partial charge >= 0.3 is 0 Å². The molecule has 2 saturated heterocycles. The third kappa shape index (κ3) is 4.22. The van der Waals surface area contributed by atoms with Crippen molar-refractivity contribution in [1.29, 1.82) is 0 Å². The number of nitrogens with zero attached hydrogens (tertiary/aromatic N) is 4. The van der Waals surface area contributed by atoms with Crippen molar-refractivity contribution in [2.24, 2.45) is 5.92 Å². The highest BCUT2D eigenvalue weighted by molar-refractivity contribution is 5.43. The van der Waals surface area contributed by atoms with E-state index in [1.165, 1.54) is 18.4 Å². The van der Waals surface area contributed by atoms with E-state index in [1.807, 2.05) is 23.7 Å². The lowest BCUT2D eigenvalue weighted by Gasteiger charge is -2.58. The molecule has 1 aromatic heterocycles. The minimum atomic E-state index is -0.824. The molecule has 33 heavy (non-hydrogen) atoms. The molecule has 1 aromatic carbocycles. The molecule has 0 spiro atoms. The fourth-order valence-electron chi connectivity index (χ4n) is 6.59. The van der Waals surface area contributed by atoms with Crippen molar-refractivity contribution in [1.82, 2.24) is 19.6 Å². The summed E-state index contributed by atoms with van der Waals surface area (Å²) in [5.74, 6) is 1.11. The minimum Gasteiger partial charge on any atom is -0.508 e. The summed E-state index contributed by atoms with van der Waals surface area (Å²) in [4.78, 5) is 5.06. The first-order chi connectivity index (χ1) is 15.8. The minimum absolute atomic E-state index is 0.0994. The van der Waals surface area contributed by atoms with Crippen LogP contribution in [-0.2, 0) is 12.0 Å². The summed E-state index contributed by atoms with van der Waals surface area (Å²) in [6.45, 7) is 12.2. The van der Waals surface area contributed by atoms with E-state index in [0.717, 1.165) is 75.7 Å². The van der Waals surface area contributed by atoms with Crippen LogP contribution in [0.1, 0.15) is 55.8 Å². The predicted molar refractivity (Wildman–Crippen MR) is 130 cm³/mol. The van der Waals surface area contributed by atoms with Gasteiger partial charge in [0.05, 0.1) is 17.8 Å². The first-order valence-corrected chi connectivity index (χ1v) is 12.8. The Morgan fingerprint density at radius 2 is 1.79 bits per heavy atom. The van der Waals surface area contributed by atoms with Crippen LogP contribution in [0, 0.1) is 19.8 Å². The monoisotopic (exact) mass is 452 g/mol.